The third-order valence-corrected chi connectivity index (χ3v) is 2.88. The molecule has 1 aromatic heterocycles. The van der Waals surface area contributed by atoms with Crippen LogP contribution in [0.1, 0.15) is 5.89 Å². The van der Waals surface area contributed by atoms with Crippen LogP contribution in [-0.2, 0) is 5.88 Å². The van der Waals surface area contributed by atoms with E-state index in [4.69, 9.17) is 16.0 Å². The Morgan fingerprint density at radius 1 is 1.00 bits per heavy atom. The highest BCUT2D eigenvalue weighted by molar-refractivity contribution is 6.16. The van der Waals surface area contributed by atoms with Gasteiger partial charge in [0.2, 0.25) is 5.89 Å². The van der Waals surface area contributed by atoms with Crippen molar-refractivity contribution in [3.8, 4) is 11.1 Å². The van der Waals surface area contributed by atoms with Crippen molar-refractivity contribution >= 4 is 22.7 Å². The maximum absolute atomic E-state index is 5.70. The molecule has 17 heavy (non-hydrogen) atoms. The van der Waals surface area contributed by atoms with Crippen LogP contribution in [-0.4, -0.2) is 4.98 Å². The summed E-state index contributed by atoms with van der Waals surface area (Å²) >= 11 is 5.70. The first-order valence-electron chi connectivity index (χ1n) is 5.37. The van der Waals surface area contributed by atoms with E-state index in [1.165, 1.54) is 5.56 Å². The SMILES string of the molecule is ClCc1nc2cc(-c3ccccc3)ccc2o1. The molecule has 1 heterocycles. The summed E-state index contributed by atoms with van der Waals surface area (Å²) in [6.45, 7) is 0. The van der Waals surface area contributed by atoms with E-state index in [-0.39, 0.29) is 0 Å². The third-order valence-electron chi connectivity index (χ3n) is 2.65. The van der Waals surface area contributed by atoms with Gasteiger partial charge in [-0.25, -0.2) is 4.98 Å². The highest BCUT2D eigenvalue weighted by Crippen LogP contribution is 2.24. The van der Waals surface area contributed by atoms with Crippen LogP contribution in [0, 0.1) is 0 Å². The van der Waals surface area contributed by atoms with Gasteiger partial charge in [-0.15, -0.1) is 11.6 Å². The zero-order valence-corrected chi connectivity index (χ0v) is 9.82. The van der Waals surface area contributed by atoms with Crippen LogP contribution < -0.4 is 0 Å². The summed E-state index contributed by atoms with van der Waals surface area (Å²) in [6, 6.07) is 16.2. The number of alkyl halides is 1. The molecule has 0 N–H and O–H groups in total. The predicted octanol–water partition coefficient (Wildman–Crippen LogP) is 4.23. The second-order valence-electron chi connectivity index (χ2n) is 3.79. The quantitative estimate of drug-likeness (QED) is 0.630. The lowest BCUT2D eigenvalue weighted by atomic mass is 10.1. The van der Waals surface area contributed by atoms with Crippen LogP contribution >= 0.6 is 11.6 Å². The molecular formula is C14H10ClNO. The predicted molar refractivity (Wildman–Crippen MR) is 69.0 cm³/mol. The number of hydrogen-bond donors (Lipinski definition) is 0. The van der Waals surface area contributed by atoms with Gasteiger partial charge in [0.1, 0.15) is 5.52 Å². The summed E-state index contributed by atoms with van der Waals surface area (Å²) in [7, 11) is 0. The van der Waals surface area contributed by atoms with E-state index in [0.29, 0.717) is 11.8 Å². The smallest absolute Gasteiger partial charge is 0.210 e. The minimum atomic E-state index is 0.301. The van der Waals surface area contributed by atoms with Crippen LogP contribution in [0.4, 0.5) is 0 Å². The summed E-state index contributed by atoms with van der Waals surface area (Å²) < 4.78 is 5.46. The molecule has 0 fully saturated rings. The van der Waals surface area contributed by atoms with E-state index in [0.717, 1.165) is 16.7 Å². The zero-order valence-electron chi connectivity index (χ0n) is 9.06. The number of halogens is 1. The van der Waals surface area contributed by atoms with Gasteiger partial charge in [0.15, 0.2) is 5.58 Å². The Balaban J connectivity index is 2.13. The van der Waals surface area contributed by atoms with Gasteiger partial charge in [-0.2, -0.15) is 0 Å². The number of benzene rings is 2. The molecule has 0 unspecified atom stereocenters. The minimum Gasteiger partial charge on any atom is -0.439 e. The van der Waals surface area contributed by atoms with Crippen molar-refractivity contribution in [1.82, 2.24) is 4.98 Å². The fraction of sp³-hybridized carbons (Fsp3) is 0.0714. The fourth-order valence-corrected chi connectivity index (χ4v) is 1.96. The molecule has 0 amide bonds. The van der Waals surface area contributed by atoms with E-state index in [1.807, 2.05) is 36.4 Å². The molecule has 0 aliphatic heterocycles. The summed E-state index contributed by atoms with van der Waals surface area (Å²) in [5.41, 5.74) is 3.93. The molecule has 84 valence electrons. The number of fused-ring (bicyclic) bond motifs is 1. The van der Waals surface area contributed by atoms with Gasteiger partial charge in [0.25, 0.3) is 0 Å². The Morgan fingerprint density at radius 3 is 2.59 bits per heavy atom. The number of oxazole rings is 1. The van der Waals surface area contributed by atoms with Gasteiger partial charge in [-0.05, 0) is 23.3 Å². The topological polar surface area (TPSA) is 26.0 Å². The largest absolute Gasteiger partial charge is 0.439 e. The van der Waals surface area contributed by atoms with Gasteiger partial charge in [0.05, 0.1) is 5.88 Å². The van der Waals surface area contributed by atoms with Crippen LogP contribution in [0.3, 0.4) is 0 Å². The molecule has 0 aliphatic rings. The molecule has 3 rings (SSSR count). The molecule has 2 nitrogen and oxygen atoms in total. The molecule has 0 saturated carbocycles. The molecule has 2 aromatic carbocycles. The van der Waals surface area contributed by atoms with Crippen molar-refractivity contribution in [2.24, 2.45) is 0 Å². The Hall–Kier alpha value is -1.80. The normalized spacial score (nSPS) is 10.9. The van der Waals surface area contributed by atoms with Gasteiger partial charge < -0.3 is 4.42 Å². The third kappa shape index (κ3) is 1.92. The van der Waals surface area contributed by atoms with Crippen LogP contribution in [0.15, 0.2) is 52.9 Å². The molecule has 0 radical (unpaired) electrons. The molecule has 0 spiro atoms. The van der Waals surface area contributed by atoms with E-state index >= 15 is 0 Å². The fourth-order valence-electron chi connectivity index (χ4n) is 1.84. The molecule has 0 atom stereocenters. The first kappa shape index (κ1) is 10.4. The Labute approximate surface area is 104 Å². The molecule has 0 bridgehead atoms. The van der Waals surface area contributed by atoms with Crippen LogP contribution in [0.25, 0.3) is 22.2 Å². The average Bonchev–Trinajstić information content (AvgIpc) is 2.81. The van der Waals surface area contributed by atoms with Gasteiger partial charge >= 0.3 is 0 Å². The van der Waals surface area contributed by atoms with Crippen molar-refractivity contribution in [3.63, 3.8) is 0 Å². The monoisotopic (exact) mass is 243 g/mol. The maximum Gasteiger partial charge on any atom is 0.210 e. The number of hydrogen-bond acceptors (Lipinski definition) is 2. The summed E-state index contributed by atoms with van der Waals surface area (Å²) in [6.07, 6.45) is 0. The lowest BCUT2D eigenvalue weighted by Gasteiger charge is -1.99. The van der Waals surface area contributed by atoms with E-state index in [1.54, 1.807) is 0 Å². The van der Waals surface area contributed by atoms with Gasteiger partial charge in [0, 0.05) is 0 Å². The van der Waals surface area contributed by atoms with E-state index in [9.17, 15) is 0 Å². The molecular weight excluding hydrogens is 234 g/mol. The highest BCUT2D eigenvalue weighted by atomic mass is 35.5. The molecule has 0 saturated heterocycles. The standard InChI is InChI=1S/C14H10ClNO/c15-9-14-16-12-8-11(6-7-13(12)17-14)10-4-2-1-3-5-10/h1-8H,9H2. The number of nitrogens with zero attached hydrogens (tertiary/aromatic N) is 1. The van der Waals surface area contributed by atoms with Crippen LogP contribution in [0.2, 0.25) is 0 Å². The van der Waals surface area contributed by atoms with Gasteiger partial charge in [-0.1, -0.05) is 36.4 Å². The van der Waals surface area contributed by atoms with Crippen molar-refractivity contribution in [3.05, 3.63) is 54.4 Å². The Morgan fingerprint density at radius 2 is 1.82 bits per heavy atom. The van der Waals surface area contributed by atoms with Crippen molar-refractivity contribution < 1.29 is 4.42 Å². The van der Waals surface area contributed by atoms with E-state index < -0.39 is 0 Å². The first-order valence-corrected chi connectivity index (χ1v) is 5.91. The molecule has 3 heteroatoms. The minimum absolute atomic E-state index is 0.301. The second-order valence-corrected chi connectivity index (χ2v) is 4.06. The van der Waals surface area contributed by atoms with Crippen molar-refractivity contribution in [2.45, 2.75) is 5.88 Å². The second kappa shape index (κ2) is 4.22. The lowest BCUT2D eigenvalue weighted by molar-refractivity contribution is 0.555. The zero-order chi connectivity index (χ0) is 11.7. The highest BCUT2D eigenvalue weighted by Gasteiger charge is 2.06. The average molecular weight is 244 g/mol. The lowest BCUT2D eigenvalue weighted by Crippen LogP contribution is -1.77. The maximum atomic E-state index is 5.70. The summed E-state index contributed by atoms with van der Waals surface area (Å²) in [5, 5.41) is 0. The number of rotatable bonds is 2. The van der Waals surface area contributed by atoms with Crippen molar-refractivity contribution in [1.29, 1.82) is 0 Å². The van der Waals surface area contributed by atoms with Crippen LogP contribution in [0.5, 0.6) is 0 Å². The Kier molecular flexibility index (Phi) is 2.57. The summed E-state index contributed by atoms with van der Waals surface area (Å²) in [5.74, 6) is 0.863. The first-order chi connectivity index (χ1) is 8.36. The Bertz CT molecular complexity index is 646. The molecule has 3 aromatic rings. The van der Waals surface area contributed by atoms with Gasteiger partial charge in [-0.3, -0.25) is 0 Å². The van der Waals surface area contributed by atoms with E-state index in [2.05, 4.69) is 17.1 Å². The van der Waals surface area contributed by atoms with Crippen molar-refractivity contribution in [2.75, 3.05) is 0 Å². The number of aromatic nitrogens is 1. The molecule has 0 aliphatic carbocycles. The summed E-state index contributed by atoms with van der Waals surface area (Å²) in [4.78, 5) is 4.32.